The summed E-state index contributed by atoms with van der Waals surface area (Å²) in [5.74, 6) is 0.173. The van der Waals surface area contributed by atoms with Crippen LogP contribution >= 0.6 is 0 Å². The first kappa shape index (κ1) is 22.0. The molecule has 0 saturated heterocycles. The molecule has 0 fully saturated rings. The van der Waals surface area contributed by atoms with Gasteiger partial charge in [0, 0.05) is 12.2 Å². The number of hydrogen-bond donors (Lipinski definition) is 0. The van der Waals surface area contributed by atoms with Crippen LogP contribution in [0.3, 0.4) is 0 Å². The Morgan fingerprint density at radius 3 is 2.29 bits per heavy atom. The lowest BCUT2D eigenvalue weighted by Crippen LogP contribution is -2.35. The van der Waals surface area contributed by atoms with E-state index in [-0.39, 0.29) is 11.8 Å². The zero-order chi connectivity index (χ0) is 23.8. The molecule has 0 aliphatic carbocycles. The summed E-state index contributed by atoms with van der Waals surface area (Å²) in [6.45, 7) is 7.31. The first-order chi connectivity index (χ1) is 16.5. The molecule has 5 heteroatoms. The summed E-state index contributed by atoms with van der Waals surface area (Å²) in [4.78, 5) is 31.1. The van der Waals surface area contributed by atoms with Crippen LogP contribution < -0.4 is 14.5 Å². The number of rotatable bonds is 6. The van der Waals surface area contributed by atoms with E-state index >= 15 is 0 Å². The minimum absolute atomic E-state index is 0.284. The van der Waals surface area contributed by atoms with E-state index in [0.717, 1.165) is 35.4 Å². The van der Waals surface area contributed by atoms with Crippen LogP contribution in [0, 0.1) is 13.8 Å². The SMILES string of the molecule is CCCOc1ccc(C2=C(N3CCc4ccccc43)C(=O)N(c3cc(C)cc(C)c3)C2=O)cc1. The minimum atomic E-state index is -0.295. The van der Waals surface area contributed by atoms with Crippen LogP contribution in [0.25, 0.3) is 5.57 Å². The number of nitrogens with zero attached hydrogens (tertiary/aromatic N) is 2. The fourth-order valence-corrected chi connectivity index (χ4v) is 4.85. The maximum absolute atomic E-state index is 13.9. The molecule has 0 radical (unpaired) electrons. The van der Waals surface area contributed by atoms with E-state index in [2.05, 4.69) is 13.0 Å². The van der Waals surface area contributed by atoms with Crippen LogP contribution in [0.4, 0.5) is 11.4 Å². The molecule has 2 heterocycles. The molecule has 5 nitrogen and oxygen atoms in total. The zero-order valence-corrected chi connectivity index (χ0v) is 19.8. The Labute approximate surface area is 200 Å². The van der Waals surface area contributed by atoms with Crippen LogP contribution in [0.1, 0.15) is 35.6 Å². The maximum atomic E-state index is 13.9. The summed E-state index contributed by atoms with van der Waals surface area (Å²) >= 11 is 0. The predicted octanol–water partition coefficient (Wildman–Crippen LogP) is 5.44. The van der Waals surface area contributed by atoms with Crippen molar-refractivity contribution in [3.63, 3.8) is 0 Å². The number of imide groups is 1. The van der Waals surface area contributed by atoms with E-state index in [1.165, 1.54) is 10.5 Å². The molecule has 2 aliphatic rings. The van der Waals surface area contributed by atoms with E-state index in [0.29, 0.717) is 35.7 Å². The second-order valence-corrected chi connectivity index (χ2v) is 8.92. The Bertz CT molecular complexity index is 1290. The average molecular weight is 453 g/mol. The van der Waals surface area contributed by atoms with Gasteiger partial charge in [-0.15, -0.1) is 0 Å². The average Bonchev–Trinajstić information content (AvgIpc) is 3.35. The van der Waals surface area contributed by atoms with Crippen molar-refractivity contribution in [3.8, 4) is 5.75 Å². The van der Waals surface area contributed by atoms with Gasteiger partial charge in [-0.25, -0.2) is 4.90 Å². The van der Waals surface area contributed by atoms with Crippen LogP contribution in [-0.4, -0.2) is 25.0 Å². The van der Waals surface area contributed by atoms with Crippen LogP contribution in [0.5, 0.6) is 5.75 Å². The summed E-state index contributed by atoms with van der Waals surface area (Å²) < 4.78 is 5.72. The van der Waals surface area contributed by atoms with Gasteiger partial charge in [0.1, 0.15) is 11.4 Å². The molecular weight excluding hydrogens is 424 g/mol. The molecule has 5 rings (SSSR count). The molecule has 34 heavy (non-hydrogen) atoms. The van der Waals surface area contributed by atoms with E-state index in [1.54, 1.807) is 0 Å². The third-order valence-electron chi connectivity index (χ3n) is 6.30. The molecule has 0 saturated carbocycles. The number of hydrogen-bond acceptors (Lipinski definition) is 4. The van der Waals surface area contributed by atoms with Gasteiger partial charge in [-0.3, -0.25) is 9.59 Å². The van der Waals surface area contributed by atoms with E-state index in [4.69, 9.17) is 4.74 Å². The predicted molar refractivity (Wildman–Crippen MR) is 135 cm³/mol. The molecule has 3 aromatic carbocycles. The van der Waals surface area contributed by atoms with Crippen molar-refractivity contribution in [3.05, 3.63) is 94.7 Å². The fraction of sp³-hybridized carbons (Fsp3) is 0.241. The van der Waals surface area contributed by atoms with Crippen LogP contribution in [0.15, 0.2) is 72.4 Å². The highest BCUT2D eigenvalue weighted by Gasteiger charge is 2.44. The summed E-state index contributed by atoms with van der Waals surface area (Å²) in [5, 5.41) is 0. The molecule has 2 amide bonds. The normalized spacial score (nSPS) is 15.4. The highest BCUT2D eigenvalue weighted by Crippen LogP contribution is 2.40. The van der Waals surface area contributed by atoms with Crippen molar-refractivity contribution in [2.24, 2.45) is 0 Å². The van der Waals surface area contributed by atoms with E-state index < -0.39 is 0 Å². The molecule has 0 spiro atoms. The Morgan fingerprint density at radius 2 is 1.59 bits per heavy atom. The van der Waals surface area contributed by atoms with Gasteiger partial charge >= 0.3 is 0 Å². The van der Waals surface area contributed by atoms with Gasteiger partial charge in [0.25, 0.3) is 11.8 Å². The largest absolute Gasteiger partial charge is 0.494 e. The zero-order valence-electron chi connectivity index (χ0n) is 19.8. The van der Waals surface area contributed by atoms with Crippen molar-refractivity contribution < 1.29 is 14.3 Å². The lowest BCUT2D eigenvalue weighted by atomic mass is 10.0. The summed E-state index contributed by atoms with van der Waals surface area (Å²) in [7, 11) is 0. The van der Waals surface area contributed by atoms with Gasteiger partial charge in [-0.2, -0.15) is 0 Å². The van der Waals surface area contributed by atoms with Gasteiger partial charge in [-0.05, 0) is 79.3 Å². The Hall–Kier alpha value is -3.86. The number of aryl methyl sites for hydroxylation is 2. The third-order valence-corrected chi connectivity index (χ3v) is 6.30. The number of carbonyl (C=O) groups excluding carboxylic acids is 2. The maximum Gasteiger partial charge on any atom is 0.282 e. The highest BCUT2D eigenvalue weighted by atomic mass is 16.5. The first-order valence-electron chi connectivity index (χ1n) is 11.8. The third kappa shape index (κ3) is 3.77. The first-order valence-corrected chi connectivity index (χ1v) is 11.8. The molecule has 0 atom stereocenters. The molecule has 172 valence electrons. The van der Waals surface area contributed by atoms with Crippen LogP contribution in [0.2, 0.25) is 0 Å². The summed E-state index contributed by atoms with van der Waals surface area (Å²) in [5.41, 5.74) is 6.39. The van der Waals surface area contributed by atoms with Crippen molar-refractivity contribution in [2.45, 2.75) is 33.6 Å². The smallest absolute Gasteiger partial charge is 0.282 e. The van der Waals surface area contributed by atoms with E-state index in [1.807, 2.05) is 79.4 Å². The number of amides is 2. The Kier molecular flexibility index (Phi) is 5.70. The molecule has 0 aromatic heterocycles. The fourth-order valence-electron chi connectivity index (χ4n) is 4.85. The summed E-state index contributed by atoms with van der Waals surface area (Å²) in [6.07, 6.45) is 1.76. The van der Waals surface area contributed by atoms with Crippen molar-refractivity contribution in [2.75, 3.05) is 23.0 Å². The lowest BCUT2D eigenvalue weighted by molar-refractivity contribution is -0.120. The monoisotopic (exact) mass is 452 g/mol. The van der Waals surface area contributed by atoms with E-state index in [9.17, 15) is 9.59 Å². The van der Waals surface area contributed by atoms with Gasteiger partial charge in [0.2, 0.25) is 0 Å². The number of benzene rings is 3. The van der Waals surface area contributed by atoms with Gasteiger partial charge in [-0.1, -0.05) is 43.3 Å². The quantitative estimate of drug-likeness (QED) is 0.468. The topological polar surface area (TPSA) is 49.9 Å². The Morgan fingerprint density at radius 1 is 0.882 bits per heavy atom. The van der Waals surface area contributed by atoms with Gasteiger partial charge in [0.15, 0.2) is 0 Å². The molecule has 0 bridgehead atoms. The number of fused-ring (bicyclic) bond motifs is 1. The number of anilines is 2. The second kappa shape index (κ2) is 8.82. The molecule has 0 unspecified atom stereocenters. The second-order valence-electron chi connectivity index (χ2n) is 8.92. The van der Waals surface area contributed by atoms with Crippen molar-refractivity contribution in [1.29, 1.82) is 0 Å². The molecule has 0 N–H and O–H groups in total. The number of carbonyl (C=O) groups is 2. The minimum Gasteiger partial charge on any atom is -0.494 e. The Balaban J connectivity index is 1.63. The lowest BCUT2D eigenvalue weighted by Gasteiger charge is -2.22. The number of ether oxygens (including phenoxy) is 1. The molecular formula is C29H28N2O3. The molecule has 2 aliphatic heterocycles. The van der Waals surface area contributed by atoms with Gasteiger partial charge < -0.3 is 9.64 Å². The van der Waals surface area contributed by atoms with Crippen LogP contribution in [-0.2, 0) is 16.0 Å². The van der Waals surface area contributed by atoms with Crippen molar-refractivity contribution >= 4 is 28.8 Å². The number of para-hydroxylation sites is 1. The highest BCUT2D eigenvalue weighted by molar-refractivity contribution is 6.46. The van der Waals surface area contributed by atoms with Gasteiger partial charge in [0.05, 0.1) is 17.9 Å². The van der Waals surface area contributed by atoms with Crippen molar-refractivity contribution in [1.82, 2.24) is 0 Å². The summed E-state index contributed by atoms with van der Waals surface area (Å²) in [6, 6.07) is 21.4. The molecule has 3 aromatic rings. The standard InChI is InChI=1S/C29H28N2O3/c1-4-15-34-24-11-9-22(10-12-24)26-27(30-14-13-21-7-5-6-8-25(21)30)29(33)31(28(26)32)23-17-19(2)16-20(3)18-23/h5-12,16-18H,4,13-15H2,1-3H3.